The van der Waals surface area contributed by atoms with Crippen LogP contribution >= 0.6 is 11.6 Å². The fourth-order valence-electron chi connectivity index (χ4n) is 4.60. The van der Waals surface area contributed by atoms with E-state index in [9.17, 15) is 0 Å². The van der Waals surface area contributed by atoms with Crippen molar-refractivity contribution in [2.75, 3.05) is 10.6 Å². The van der Waals surface area contributed by atoms with Gasteiger partial charge >= 0.3 is 0 Å². The molecule has 4 rings (SSSR count). The second kappa shape index (κ2) is 9.43. The number of nitrogens with zero attached hydrogens (tertiary/aromatic N) is 1. The van der Waals surface area contributed by atoms with Crippen LogP contribution in [0.1, 0.15) is 65.9 Å². The Labute approximate surface area is 187 Å². The maximum absolute atomic E-state index is 6.16. The molecule has 0 amide bonds. The van der Waals surface area contributed by atoms with Gasteiger partial charge in [-0.3, -0.25) is 4.99 Å². The monoisotopic (exact) mass is 425 g/mol. The summed E-state index contributed by atoms with van der Waals surface area (Å²) in [7, 11) is 0. The maximum atomic E-state index is 6.16. The lowest BCUT2D eigenvalue weighted by atomic mass is 9.66. The highest BCUT2D eigenvalue weighted by molar-refractivity contribution is 6.30. The molecule has 2 aliphatic rings. The molecule has 0 atom stereocenters. The average Bonchev–Trinajstić information content (AvgIpc) is 2.73. The molecular formula is C26H36ClN3. The number of nitrogens with one attached hydrogen (secondary N) is 2. The zero-order valence-electron chi connectivity index (χ0n) is 19.1. The van der Waals surface area contributed by atoms with Crippen LogP contribution in [0.4, 0.5) is 11.4 Å². The van der Waals surface area contributed by atoms with E-state index in [-0.39, 0.29) is 5.54 Å². The highest BCUT2D eigenvalue weighted by Crippen LogP contribution is 2.45. The molecule has 1 saturated carbocycles. The first-order chi connectivity index (χ1) is 14.4. The lowest BCUT2D eigenvalue weighted by molar-refractivity contribution is 0.161. The highest BCUT2D eigenvalue weighted by atomic mass is 35.5. The van der Waals surface area contributed by atoms with E-state index < -0.39 is 0 Å². The van der Waals surface area contributed by atoms with E-state index in [4.69, 9.17) is 16.6 Å². The zero-order valence-corrected chi connectivity index (χ0v) is 19.8. The summed E-state index contributed by atoms with van der Waals surface area (Å²) >= 11 is 6.16. The van der Waals surface area contributed by atoms with Crippen LogP contribution < -0.4 is 10.6 Å². The van der Waals surface area contributed by atoms with Crippen LogP contribution in [0, 0.1) is 11.3 Å². The first-order valence-corrected chi connectivity index (χ1v) is 11.7. The van der Waals surface area contributed by atoms with Gasteiger partial charge in [-0.15, -0.1) is 0 Å². The van der Waals surface area contributed by atoms with Crippen LogP contribution in [0.3, 0.4) is 0 Å². The number of halogens is 1. The Morgan fingerprint density at radius 3 is 2.30 bits per heavy atom. The minimum absolute atomic E-state index is 0.103. The van der Waals surface area contributed by atoms with Gasteiger partial charge in [0.2, 0.25) is 0 Å². The van der Waals surface area contributed by atoms with Gasteiger partial charge in [0.15, 0.2) is 0 Å². The first-order valence-electron chi connectivity index (χ1n) is 11.3. The van der Waals surface area contributed by atoms with Crippen LogP contribution in [0.2, 0.25) is 5.02 Å². The van der Waals surface area contributed by atoms with Gasteiger partial charge in [-0.05, 0) is 66.8 Å². The summed E-state index contributed by atoms with van der Waals surface area (Å²) in [4.78, 5) is 5.04. The van der Waals surface area contributed by atoms with Gasteiger partial charge in [0.25, 0.3) is 0 Å². The number of amidine groups is 1. The van der Waals surface area contributed by atoms with Gasteiger partial charge < -0.3 is 10.6 Å². The molecule has 0 unspecified atom stereocenters. The van der Waals surface area contributed by atoms with E-state index in [1.807, 2.05) is 32.0 Å². The lowest BCUT2D eigenvalue weighted by Crippen LogP contribution is -2.55. The van der Waals surface area contributed by atoms with Crippen LogP contribution in [0.15, 0.2) is 53.5 Å². The SMILES string of the molecule is CC.CC(C)(C)C1CCC2(CC1)Nc1ccccc1NC2=NCc1cccc(Cl)c1. The van der Waals surface area contributed by atoms with E-state index >= 15 is 0 Å². The maximum Gasteiger partial charge on any atom is 0.127 e. The molecule has 4 heteroatoms. The van der Waals surface area contributed by atoms with Crippen LogP contribution in [0.25, 0.3) is 0 Å². The van der Waals surface area contributed by atoms with Crippen LogP contribution in [-0.4, -0.2) is 11.4 Å². The first kappa shape index (κ1) is 22.7. The van der Waals surface area contributed by atoms with Crippen molar-refractivity contribution in [2.45, 2.75) is 72.4 Å². The van der Waals surface area contributed by atoms with Crippen molar-refractivity contribution in [1.82, 2.24) is 0 Å². The average molecular weight is 426 g/mol. The van der Waals surface area contributed by atoms with Crippen molar-refractivity contribution in [3.63, 3.8) is 0 Å². The lowest BCUT2D eigenvalue weighted by Gasteiger charge is -2.48. The zero-order chi connectivity index (χ0) is 21.8. The second-order valence-electron chi connectivity index (χ2n) is 9.31. The Bertz CT molecular complexity index is 874. The fourth-order valence-corrected chi connectivity index (χ4v) is 4.81. The third-order valence-corrected chi connectivity index (χ3v) is 6.62. The molecule has 2 N–H and O–H groups in total. The van der Waals surface area contributed by atoms with Gasteiger partial charge in [-0.2, -0.15) is 0 Å². The molecule has 0 saturated heterocycles. The number of para-hydroxylation sites is 2. The summed E-state index contributed by atoms with van der Waals surface area (Å²) in [5.74, 6) is 1.82. The van der Waals surface area contributed by atoms with Crippen molar-refractivity contribution >= 4 is 28.8 Å². The third kappa shape index (κ3) is 5.00. The van der Waals surface area contributed by atoms with E-state index in [1.54, 1.807) is 0 Å². The Morgan fingerprint density at radius 1 is 1.00 bits per heavy atom. The molecule has 0 radical (unpaired) electrons. The Hall–Kier alpha value is -2.00. The van der Waals surface area contributed by atoms with E-state index in [0.29, 0.717) is 12.0 Å². The third-order valence-electron chi connectivity index (χ3n) is 6.38. The molecule has 1 aliphatic carbocycles. The summed E-state index contributed by atoms with van der Waals surface area (Å²) < 4.78 is 0. The van der Waals surface area contributed by atoms with Gasteiger partial charge in [-0.1, -0.05) is 70.5 Å². The second-order valence-corrected chi connectivity index (χ2v) is 9.75. The number of hydrogen-bond donors (Lipinski definition) is 2. The minimum atomic E-state index is -0.103. The number of aliphatic imine (C=N–C) groups is 1. The smallest absolute Gasteiger partial charge is 0.127 e. The molecule has 2 aromatic rings. The van der Waals surface area contributed by atoms with Gasteiger partial charge in [0.1, 0.15) is 5.84 Å². The summed E-state index contributed by atoms with van der Waals surface area (Å²) in [5.41, 5.74) is 3.68. The largest absolute Gasteiger partial charge is 0.371 e. The van der Waals surface area contributed by atoms with Crippen molar-refractivity contribution in [2.24, 2.45) is 16.3 Å². The van der Waals surface area contributed by atoms with E-state index in [0.717, 1.165) is 40.9 Å². The summed E-state index contributed by atoms with van der Waals surface area (Å²) in [6.45, 7) is 11.7. The van der Waals surface area contributed by atoms with E-state index in [2.05, 4.69) is 61.7 Å². The predicted molar refractivity (Wildman–Crippen MR) is 132 cm³/mol. The number of hydrogen-bond acceptors (Lipinski definition) is 2. The molecule has 1 heterocycles. The van der Waals surface area contributed by atoms with Gasteiger partial charge in [0.05, 0.1) is 23.5 Å². The molecule has 3 nitrogen and oxygen atoms in total. The summed E-state index contributed by atoms with van der Waals surface area (Å²) in [6.07, 6.45) is 4.64. The predicted octanol–water partition coefficient (Wildman–Crippen LogP) is 7.78. The summed E-state index contributed by atoms with van der Waals surface area (Å²) in [5, 5.41) is 8.28. The molecule has 1 aliphatic heterocycles. The number of rotatable bonds is 2. The fraction of sp³-hybridized carbons (Fsp3) is 0.500. The molecule has 162 valence electrons. The van der Waals surface area contributed by atoms with E-state index in [1.165, 1.54) is 18.5 Å². The molecule has 0 bridgehead atoms. The minimum Gasteiger partial charge on any atom is -0.371 e. The molecule has 30 heavy (non-hydrogen) atoms. The van der Waals surface area contributed by atoms with Crippen LogP contribution in [0.5, 0.6) is 0 Å². The topological polar surface area (TPSA) is 36.4 Å². The van der Waals surface area contributed by atoms with Gasteiger partial charge in [-0.25, -0.2) is 0 Å². The normalized spacial score (nSPS) is 24.3. The van der Waals surface area contributed by atoms with Crippen LogP contribution in [-0.2, 0) is 6.54 Å². The van der Waals surface area contributed by atoms with Crippen molar-refractivity contribution < 1.29 is 0 Å². The van der Waals surface area contributed by atoms with Crippen molar-refractivity contribution in [1.29, 1.82) is 0 Å². The van der Waals surface area contributed by atoms with Gasteiger partial charge in [0, 0.05) is 5.02 Å². The van der Waals surface area contributed by atoms with Crippen molar-refractivity contribution in [3.05, 3.63) is 59.1 Å². The molecule has 1 fully saturated rings. The molecule has 0 aromatic heterocycles. The van der Waals surface area contributed by atoms with Crippen molar-refractivity contribution in [3.8, 4) is 0 Å². The molecule has 1 spiro atoms. The Kier molecular flexibility index (Phi) is 7.13. The Balaban J connectivity index is 0.00000124. The Morgan fingerprint density at radius 2 is 1.67 bits per heavy atom. The number of fused-ring (bicyclic) bond motifs is 1. The molecular weight excluding hydrogens is 390 g/mol. The number of benzene rings is 2. The quantitative estimate of drug-likeness (QED) is 0.515. The summed E-state index contributed by atoms with van der Waals surface area (Å²) in [6, 6.07) is 16.4. The molecule has 2 aromatic carbocycles. The number of anilines is 2. The standard InChI is InChI=1S/C24H30ClN3.C2H6/c1-23(2,3)18-11-13-24(14-12-18)22(26-16-17-7-6-8-19(25)15-17)27-20-9-4-5-10-21(20)28-24;1-2/h4-10,15,18,28H,11-14,16H2,1-3H3,(H,26,27);1-2H3. The highest BCUT2D eigenvalue weighted by Gasteiger charge is 2.44.